The number of halogens is 2. The van der Waals surface area contributed by atoms with Crippen LogP contribution in [0.25, 0.3) is 0 Å². The lowest BCUT2D eigenvalue weighted by atomic mass is 10.1. The van der Waals surface area contributed by atoms with E-state index in [9.17, 15) is 8.42 Å². The highest BCUT2D eigenvalue weighted by atomic mass is 79.9. The van der Waals surface area contributed by atoms with Crippen LogP contribution in [0.4, 0.5) is 11.4 Å². The third-order valence-corrected chi connectivity index (χ3v) is 5.95. The largest absolute Gasteiger partial charge is 0.397 e. The van der Waals surface area contributed by atoms with Crippen molar-refractivity contribution in [2.45, 2.75) is 18.7 Å². The van der Waals surface area contributed by atoms with Gasteiger partial charge in [-0.05, 0) is 71.2 Å². The molecule has 2 aromatic carbocycles. The number of rotatable bonds is 3. The monoisotopic (exact) mass is 432 g/mol. The van der Waals surface area contributed by atoms with Gasteiger partial charge in [0.05, 0.1) is 11.4 Å². The summed E-state index contributed by atoms with van der Waals surface area (Å²) in [5.41, 5.74) is 8.65. The van der Waals surface area contributed by atoms with Gasteiger partial charge in [-0.25, -0.2) is 8.42 Å². The van der Waals surface area contributed by atoms with E-state index in [0.717, 1.165) is 11.1 Å². The van der Waals surface area contributed by atoms with Crippen LogP contribution in [0.3, 0.4) is 0 Å². The molecule has 0 fully saturated rings. The molecule has 0 amide bonds. The van der Waals surface area contributed by atoms with Crippen molar-refractivity contribution in [3.63, 3.8) is 0 Å². The van der Waals surface area contributed by atoms with E-state index < -0.39 is 10.0 Å². The fraction of sp³-hybridized carbons (Fsp3) is 0.143. The minimum Gasteiger partial charge on any atom is -0.397 e. The standard InChI is InChI=1S/C14H14Br2N2O2S/c1-8-5-12(17)13(6-9(8)2)18-21(19,20)14-7-10(15)3-4-11(14)16/h3-7,18H,17H2,1-2H3. The topological polar surface area (TPSA) is 72.2 Å². The summed E-state index contributed by atoms with van der Waals surface area (Å²) >= 11 is 6.53. The van der Waals surface area contributed by atoms with E-state index in [1.54, 1.807) is 24.3 Å². The number of hydrogen-bond donors (Lipinski definition) is 2. The zero-order valence-electron chi connectivity index (χ0n) is 11.4. The third kappa shape index (κ3) is 3.59. The maximum absolute atomic E-state index is 12.5. The smallest absolute Gasteiger partial charge is 0.263 e. The number of sulfonamides is 1. The van der Waals surface area contributed by atoms with Gasteiger partial charge in [0, 0.05) is 8.95 Å². The summed E-state index contributed by atoms with van der Waals surface area (Å²) in [5.74, 6) is 0. The van der Waals surface area contributed by atoms with E-state index in [-0.39, 0.29) is 4.90 Å². The second-order valence-corrected chi connectivity index (χ2v) is 8.12. The lowest BCUT2D eigenvalue weighted by molar-refractivity contribution is 0.600. The van der Waals surface area contributed by atoms with Gasteiger partial charge in [-0.1, -0.05) is 15.9 Å². The Kier molecular flexibility index (Phi) is 4.65. The molecule has 2 aromatic rings. The van der Waals surface area contributed by atoms with Gasteiger partial charge in [-0.15, -0.1) is 0 Å². The molecule has 0 aromatic heterocycles. The van der Waals surface area contributed by atoms with Gasteiger partial charge in [0.2, 0.25) is 0 Å². The number of nitrogens with one attached hydrogen (secondary N) is 1. The van der Waals surface area contributed by atoms with E-state index in [1.807, 2.05) is 13.8 Å². The van der Waals surface area contributed by atoms with E-state index in [1.165, 1.54) is 6.07 Å². The fourth-order valence-electron chi connectivity index (χ4n) is 1.81. The number of benzene rings is 2. The van der Waals surface area contributed by atoms with Crippen LogP contribution in [-0.2, 0) is 10.0 Å². The second kappa shape index (κ2) is 5.98. The molecule has 0 saturated carbocycles. The van der Waals surface area contributed by atoms with Crippen LogP contribution in [-0.4, -0.2) is 8.42 Å². The first-order valence-electron chi connectivity index (χ1n) is 6.05. The Balaban J connectivity index is 2.47. The van der Waals surface area contributed by atoms with Gasteiger partial charge in [-0.3, -0.25) is 4.72 Å². The predicted molar refractivity (Wildman–Crippen MR) is 93.0 cm³/mol. The molecule has 3 N–H and O–H groups in total. The number of nitrogens with two attached hydrogens (primary N) is 1. The number of nitrogen functional groups attached to an aromatic ring is 1. The van der Waals surface area contributed by atoms with Crippen molar-refractivity contribution in [3.05, 3.63) is 50.4 Å². The summed E-state index contributed by atoms with van der Waals surface area (Å²) in [4.78, 5) is 0.148. The maximum atomic E-state index is 12.5. The van der Waals surface area contributed by atoms with Gasteiger partial charge >= 0.3 is 0 Å². The maximum Gasteiger partial charge on any atom is 0.263 e. The molecule has 0 saturated heterocycles. The quantitative estimate of drug-likeness (QED) is 0.712. The molecule has 0 aliphatic rings. The first-order chi connectivity index (χ1) is 9.70. The van der Waals surface area contributed by atoms with Crippen LogP contribution >= 0.6 is 31.9 Å². The van der Waals surface area contributed by atoms with Crippen molar-refractivity contribution in [2.24, 2.45) is 0 Å². The Bertz CT molecular complexity index is 805. The molecule has 0 heterocycles. The van der Waals surface area contributed by atoms with Crippen molar-refractivity contribution in [1.82, 2.24) is 0 Å². The van der Waals surface area contributed by atoms with Crippen LogP contribution < -0.4 is 10.5 Å². The van der Waals surface area contributed by atoms with Crippen LogP contribution in [0.15, 0.2) is 44.2 Å². The molecule has 112 valence electrons. The van der Waals surface area contributed by atoms with E-state index in [2.05, 4.69) is 36.6 Å². The highest BCUT2D eigenvalue weighted by molar-refractivity contribution is 9.11. The number of anilines is 2. The average molecular weight is 434 g/mol. The molecule has 0 atom stereocenters. The highest BCUT2D eigenvalue weighted by Crippen LogP contribution is 2.30. The molecule has 0 spiro atoms. The van der Waals surface area contributed by atoms with Gasteiger partial charge in [0.15, 0.2) is 0 Å². The molecule has 2 rings (SSSR count). The molecule has 4 nitrogen and oxygen atoms in total. The van der Waals surface area contributed by atoms with Crippen molar-refractivity contribution < 1.29 is 8.42 Å². The van der Waals surface area contributed by atoms with Crippen molar-refractivity contribution in [3.8, 4) is 0 Å². The molecule has 0 aliphatic carbocycles. The normalized spacial score (nSPS) is 11.4. The molecule has 0 unspecified atom stereocenters. The minimum atomic E-state index is -3.73. The van der Waals surface area contributed by atoms with E-state index in [0.29, 0.717) is 20.3 Å². The third-order valence-electron chi connectivity index (χ3n) is 3.09. The van der Waals surface area contributed by atoms with Gasteiger partial charge < -0.3 is 5.73 Å². The molecule has 0 aliphatic heterocycles. The fourth-order valence-corrected chi connectivity index (χ4v) is 4.39. The predicted octanol–water partition coefficient (Wildman–Crippen LogP) is 4.21. The van der Waals surface area contributed by atoms with Crippen LogP contribution in [0, 0.1) is 13.8 Å². The van der Waals surface area contributed by atoms with E-state index >= 15 is 0 Å². The number of hydrogen-bond acceptors (Lipinski definition) is 3. The Hall–Kier alpha value is -1.05. The summed E-state index contributed by atoms with van der Waals surface area (Å²) < 4.78 is 28.7. The van der Waals surface area contributed by atoms with Crippen molar-refractivity contribution in [2.75, 3.05) is 10.5 Å². The molecule has 0 bridgehead atoms. The second-order valence-electron chi connectivity index (χ2n) is 4.70. The summed E-state index contributed by atoms with van der Waals surface area (Å²) in [7, 11) is -3.73. The Labute approximate surface area is 141 Å². The van der Waals surface area contributed by atoms with E-state index in [4.69, 9.17) is 5.73 Å². The Morgan fingerprint density at radius 2 is 1.67 bits per heavy atom. The van der Waals surface area contributed by atoms with Crippen LogP contribution in [0.2, 0.25) is 0 Å². The van der Waals surface area contributed by atoms with Crippen molar-refractivity contribution >= 4 is 53.3 Å². The van der Waals surface area contributed by atoms with Crippen LogP contribution in [0.5, 0.6) is 0 Å². The highest BCUT2D eigenvalue weighted by Gasteiger charge is 2.19. The van der Waals surface area contributed by atoms with Gasteiger partial charge in [0.25, 0.3) is 10.0 Å². The SMILES string of the molecule is Cc1cc(N)c(NS(=O)(=O)c2cc(Br)ccc2Br)cc1C. The lowest BCUT2D eigenvalue weighted by Crippen LogP contribution is -2.15. The molecule has 7 heteroatoms. The average Bonchev–Trinajstić information content (AvgIpc) is 2.38. The first-order valence-corrected chi connectivity index (χ1v) is 9.12. The minimum absolute atomic E-state index is 0.148. The summed E-state index contributed by atoms with van der Waals surface area (Å²) in [6.07, 6.45) is 0. The Morgan fingerprint density at radius 1 is 1.05 bits per heavy atom. The zero-order chi connectivity index (χ0) is 15.8. The van der Waals surface area contributed by atoms with Gasteiger partial charge in [-0.2, -0.15) is 0 Å². The summed E-state index contributed by atoms with van der Waals surface area (Å²) in [6, 6.07) is 8.44. The Morgan fingerprint density at radius 3 is 2.33 bits per heavy atom. The lowest BCUT2D eigenvalue weighted by Gasteiger charge is -2.13. The molecule has 21 heavy (non-hydrogen) atoms. The summed E-state index contributed by atoms with van der Waals surface area (Å²) in [5, 5.41) is 0. The molecular weight excluding hydrogens is 420 g/mol. The summed E-state index contributed by atoms with van der Waals surface area (Å²) in [6.45, 7) is 3.83. The zero-order valence-corrected chi connectivity index (χ0v) is 15.4. The van der Waals surface area contributed by atoms with Gasteiger partial charge in [0.1, 0.15) is 4.90 Å². The van der Waals surface area contributed by atoms with Crippen LogP contribution in [0.1, 0.15) is 11.1 Å². The first kappa shape index (κ1) is 16.3. The molecule has 0 radical (unpaired) electrons. The van der Waals surface area contributed by atoms with Crippen molar-refractivity contribution in [1.29, 1.82) is 0 Å². The number of aryl methyl sites for hydroxylation is 2. The molecular formula is C14H14Br2N2O2S.